The van der Waals surface area contributed by atoms with Crippen LogP contribution in [0, 0.1) is 6.92 Å². The Kier molecular flexibility index (Phi) is 5.37. The van der Waals surface area contributed by atoms with Crippen LogP contribution in [-0.4, -0.2) is 10.8 Å². The number of para-hydroxylation sites is 1. The fourth-order valence-corrected chi connectivity index (χ4v) is 2.44. The molecule has 0 spiro atoms. The topological polar surface area (TPSA) is 39.2 Å². The minimum absolute atomic E-state index is 0.130. The Morgan fingerprint density at radius 1 is 1.00 bits per heavy atom. The Morgan fingerprint density at radius 3 is 2.56 bits per heavy atom. The van der Waals surface area contributed by atoms with Crippen molar-refractivity contribution >= 4 is 11.9 Å². The summed E-state index contributed by atoms with van der Waals surface area (Å²) in [5, 5.41) is 0. The molecule has 0 aliphatic carbocycles. The number of hydrogen-bond donors (Lipinski definition) is 0. The van der Waals surface area contributed by atoms with Crippen LogP contribution >= 0.6 is 0 Å². The molecule has 25 heavy (non-hydrogen) atoms. The molecule has 0 amide bonds. The van der Waals surface area contributed by atoms with Gasteiger partial charge in [-0.1, -0.05) is 48.5 Å². The van der Waals surface area contributed by atoms with Gasteiger partial charge in [-0.05, 0) is 48.4 Å². The molecular formula is C22H19NO2. The van der Waals surface area contributed by atoms with Crippen LogP contribution in [0.15, 0.2) is 79.0 Å². The maximum absolute atomic E-state index is 12.2. The molecule has 0 fully saturated rings. The Labute approximate surface area is 147 Å². The lowest BCUT2D eigenvalue weighted by Gasteiger charge is -2.10. The average molecular weight is 329 g/mol. The van der Waals surface area contributed by atoms with Crippen molar-refractivity contribution in [2.45, 2.75) is 13.5 Å². The van der Waals surface area contributed by atoms with Crippen LogP contribution in [0.1, 0.15) is 27.2 Å². The highest BCUT2D eigenvalue weighted by atomic mass is 16.5. The Morgan fingerprint density at radius 2 is 1.76 bits per heavy atom. The van der Waals surface area contributed by atoms with E-state index in [4.69, 9.17) is 4.74 Å². The van der Waals surface area contributed by atoms with Crippen LogP contribution in [0.25, 0.3) is 6.08 Å². The molecule has 1 heterocycles. The monoisotopic (exact) mass is 329 g/mol. The van der Waals surface area contributed by atoms with Crippen molar-refractivity contribution in [2.75, 3.05) is 0 Å². The summed E-state index contributed by atoms with van der Waals surface area (Å²) in [5.74, 6) is 0.616. The van der Waals surface area contributed by atoms with Gasteiger partial charge in [-0.2, -0.15) is 0 Å². The van der Waals surface area contributed by atoms with Gasteiger partial charge in [0.25, 0.3) is 0 Å². The zero-order valence-corrected chi connectivity index (χ0v) is 14.1. The van der Waals surface area contributed by atoms with E-state index in [0.29, 0.717) is 12.3 Å². The molecule has 3 aromatic rings. The lowest BCUT2D eigenvalue weighted by atomic mass is 10.1. The van der Waals surface area contributed by atoms with E-state index in [1.165, 1.54) is 11.6 Å². The predicted molar refractivity (Wildman–Crippen MR) is 99.6 cm³/mol. The molecule has 0 unspecified atom stereocenters. The first kappa shape index (κ1) is 16.7. The lowest BCUT2D eigenvalue weighted by molar-refractivity contribution is 0.104. The third-order valence-corrected chi connectivity index (χ3v) is 3.90. The molecule has 3 heteroatoms. The normalized spacial score (nSPS) is 10.8. The minimum Gasteiger partial charge on any atom is -0.488 e. The van der Waals surface area contributed by atoms with Gasteiger partial charge in [0.15, 0.2) is 0 Å². The fraction of sp³-hybridized carbons (Fsp3) is 0.0909. The van der Waals surface area contributed by atoms with Crippen molar-refractivity contribution in [1.29, 1.82) is 0 Å². The summed E-state index contributed by atoms with van der Waals surface area (Å²) in [6.45, 7) is 2.56. The summed E-state index contributed by atoms with van der Waals surface area (Å²) in [7, 11) is 0. The molecule has 1 aromatic heterocycles. The number of pyridine rings is 1. The van der Waals surface area contributed by atoms with Gasteiger partial charge in [0.2, 0.25) is 5.78 Å². The molecule has 0 saturated carbocycles. The summed E-state index contributed by atoms with van der Waals surface area (Å²) in [6.07, 6.45) is 4.91. The van der Waals surface area contributed by atoms with Crippen LogP contribution in [0.3, 0.4) is 0 Å². The number of aromatic nitrogens is 1. The molecule has 0 aliphatic rings. The molecule has 0 radical (unpaired) electrons. The number of rotatable bonds is 6. The van der Waals surface area contributed by atoms with E-state index in [-0.39, 0.29) is 5.78 Å². The Balaban J connectivity index is 1.74. The van der Waals surface area contributed by atoms with Gasteiger partial charge in [-0.25, -0.2) is 0 Å². The van der Waals surface area contributed by atoms with Gasteiger partial charge in [-0.15, -0.1) is 0 Å². The van der Waals surface area contributed by atoms with Crippen LogP contribution in [-0.2, 0) is 6.61 Å². The van der Waals surface area contributed by atoms with Gasteiger partial charge in [0.1, 0.15) is 18.1 Å². The first-order valence-corrected chi connectivity index (χ1v) is 8.14. The maximum Gasteiger partial charge on any atom is 0.204 e. The number of benzene rings is 2. The third kappa shape index (κ3) is 4.42. The number of carbonyl (C=O) groups is 1. The summed E-state index contributed by atoms with van der Waals surface area (Å²) in [6, 6.07) is 21.1. The quantitative estimate of drug-likeness (QED) is 0.478. The smallest absolute Gasteiger partial charge is 0.204 e. The Hall–Kier alpha value is -3.20. The molecule has 3 nitrogen and oxygen atoms in total. The number of hydrogen-bond acceptors (Lipinski definition) is 3. The summed E-state index contributed by atoms with van der Waals surface area (Å²) in [4.78, 5) is 16.2. The molecule has 3 rings (SSSR count). The highest BCUT2D eigenvalue weighted by Gasteiger charge is 2.05. The molecule has 0 atom stereocenters. The van der Waals surface area contributed by atoms with E-state index in [2.05, 4.69) is 24.0 Å². The molecule has 124 valence electrons. The van der Waals surface area contributed by atoms with Gasteiger partial charge in [-0.3, -0.25) is 9.78 Å². The van der Waals surface area contributed by atoms with Crippen LogP contribution in [0.4, 0.5) is 0 Å². The summed E-state index contributed by atoms with van der Waals surface area (Å²) in [5.41, 5.74) is 3.63. The van der Waals surface area contributed by atoms with Gasteiger partial charge < -0.3 is 4.74 Å². The van der Waals surface area contributed by atoms with Crippen LogP contribution in [0.2, 0.25) is 0 Å². The molecule has 0 aliphatic heterocycles. The molecule has 0 saturated heterocycles. The highest BCUT2D eigenvalue weighted by Crippen LogP contribution is 2.21. The van der Waals surface area contributed by atoms with Crippen molar-refractivity contribution in [3.63, 3.8) is 0 Å². The van der Waals surface area contributed by atoms with E-state index >= 15 is 0 Å². The van der Waals surface area contributed by atoms with Crippen molar-refractivity contribution in [3.8, 4) is 5.75 Å². The molecular weight excluding hydrogens is 310 g/mol. The lowest BCUT2D eigenvalue weighted by Crippen LogP contribution is -1.99. The number of nitrogens with zero attached hydrogens (tertiary/aromatic N) is 1. The van der Waals surface area contributed by atoms with Crippen LogP contribution < -0.4 is 4.74 Å². The first-order chi connectivity index (χ1) is 12.2. The van der Waals surface area contributed by atoms with E-state index in [0.717, 1.165) is 16.9 Å². The van der Waals surface area contributed by atoms with Gasteiger partial charge in [0, 0.05) is 11.8 Å². The van der Waals surface area contributed by atoms with Crippen molar-refractivity contribution in [2.24, 2.45) is 0 Å². The predicted octanol–water partition coefficient (Wildman–Crippen LogP) is 4.87. The van der Waals surface area contributed by atoms with E-state index in [9.17, 15) is 4.79 Å². The zero-order chi connectivity index (χ0) is 17.5. The Bertz CT molecular complexity index is 885. The summed E-state index contributed by atoms with van der Waals surface area (Å²) < 4.78 is 5.96. The largest absolute Gasteiger partial charge is 0.488 e. The third-order valence-electron chi connectivity index (χ3n) is 3.90. The SMILES string of the molecule is Cc1ccccc1COc1ccccc1/C=C/C(=O)c1ccccn1. The molecule has 0 N–H and O–H groups in total. The van der Waals surface area contributed by atoms with Crippen molar-refractivity contribution in [3.05, 3.63) is 101 Å². The second-order valence-electron chi connectivity index (χ2n) is 5.67. The second kappa shape index (κ2) is 8.06. The molecule has 0 bridgehead atoms. The number of carbonyl (C=O) groups excluding carboxylic acids is 1. The van der Waals surface area contributed by atoms with Crippen molar-refractivity contribution in [1.82, 2.24) is 4.98 Å². The van der Waals surface area contributed by atoms with E-state index in [1.807, 2.05) is 36.4 Å². The average Bonchev–Trinajstić information content (AvgIpc) is 2.67. The van der Waals surface area contributed by atoms with E-state index < -0.39 is 0 Å². The standard InChI is InChI=1S/C22H19NO2/c1-17-8-2-3-10-19(17)16-25-22-12-5-4-9-18(22)13-14-21(24)20-11-6-7-15-23-20/h2-15H,16H2,1H3/b14-13+. The number of ketones is 1. The maximum atomic E-state index is 12.2. The first-order valence-electron chi connectivity index (χ1n) is 8.14. The molecule has 2 aromatic carbocycles. The number of ether oxygens (including phenoxy) is 1. The highest BCUT2D eigenvalue weighted by molar-refractivity contribution is 6.05. The summed E-state index contributed by atoms with van der Waals surface area (Å²) >= 11 is 0. The minimum atomic E-state index is -0.130. The second-order valence-corrected chi connectivity index (χ2v) is 5.67. The van der Waals surface area contributed by atoms with Gasteiger partial charge in [0.05, 0.1) is 0 Å². The van der Waals surface area contributed by atoms with E-state index in [1.54, 1.807) is 30.5 Å². The zero-order valence-electron chi connectivity index (χ0n) is 14.1. The van der Waals surface area contributed by atoms with Gasteiger partial charge >= 0.3 is 0 Å². The van der Waals surface area contributed by atoms with Crippen molar-refractivity contribution < 1.29 is 9.53 Å². The number of allylic oxidation sites excluding steroid dienone is 1. The fourth-order valence-electron chi connectivity index (χ4n) is 2.44. The van der Waals surface area contributed by atoms with Crippen LogP contribution in [0.5, 0.6) is 5.75 Å². The number of aryl methyl sites for hydroxylation is 1.